The summed E-state index contributed by atoms with van der Waals surface area (Å²) in [6, 6.07) is 9.46. The van der Waals surface area contributed by atoms with Crippen LogP contribution in [0, 0.1) is 0 Å². The maximum absolute atomic E-state index is 11.6. The molecule has 0 radical (unpaired) electrons. The topological polar surface area (TPSA) is 157 Å². The molecule has 0 aromatic heterocycles. The first-order valence-corrected chi connectivity index (χ1v) is 13.9. The van der Waals surface area contributed by atoms with Crippen LogP contribution < -0.4 is 5.32 Å². The normalized spacial score (nSPS) is 10.8. The zero-order chi connectivity index (χ0) is 29.6. The van der Waals surface area contributed by atoms with Crippen LogP contribution in [0.5, 0.6) is 0 Å². The molecule has 234 valence electrons. The van der Waals surface area contributed by atoms with Gasteiger partial charge in [0.05, 0.1) is 79.3 Å². The summed E-state index contributed by atoms with van der Waals surface area (Å²) in [6.45, 7) is 5.69. The van der Waals surface area contributed by atoms with Crippen LogP contribution in [0.15, 0.2) is 30.3 Å². The third-order valence-electron chi connectivity index (χ3n) is 5.10. The highest BCUT2D eigenvalue weighted by Gasteiger charge is 2.04. The van der Waals surface area contributed by atoms with Crippen LogP contribution >= 0.6 is 0 Å². The van der Waals surface area contributed by atoms with Crippen LogP contribution in [0.1, 0.15) is 31.2 Å². The molecule has 0 aliphatic heterocycles. The van der Waals surface area contributed by atoms with Gasteiger partial charge in [0.2, 0.25) is 0 Å². The molecule has 0 saturated heterocycles. The molecule has 1 aromatic carbocycles. The zero-order valence-corrected chi connectivity index (χ0v) is 23.8. The fourth-order valence-corrected chi connectivity index (χ4v) is 3.03. The maximum Gasteiger partial charge on any atom is 0.407 e. The summed E-state index contributed by atoms with van der Waals surface area (Å²) in [5.74, 6) is -1.22. The number of benzene rings is 1. The van der Waals surface area contributed by atoms with Crippen molar-refractivity contribution in [2.45, 2.75) is 32.3 Å². The highest BCUT2D eigenvalue weighted by atomic mass is 16.6. The van der Waals surface area contributed by atoms with Crippen LogP contribution in [0.4, 0.5) is 4.79 Å². The molecule has 1 amide bonds. The third-order valence-corrected chi connectivity index (χ3v) is 5.10. The van der Waals surface area contributed by atoms with Gasteiger partial charge in [-0.05, 0) is 18.4 Å². The number of aliphatic carboxylic acids is 1. The number of carbonyl (C=O) groups excluding carboxylic acids is 2. The first-order valence-electron chi connectivity index (χ1n) is 13.9. The number of alkyl carbamates (subject to hydrolysis) is 1. The van der Waals surface area contributed by atoms with Gasteiger partial charge < -0.3 is 48.3 Å². The SMILES string of the molecule is O=C(O)CCCCC(=O)OCCOCCOCCOCCOCCOCCOCCNC(=O)OCc1ccccc1. The van der Waals surface area contributed by atoms with Crippen LogP contribution in [0.3, 0.4) is 0 Å². The number of rotatable bonds is 28. The van der Waals surface area contributed by atoms with Crippen LogP contribution in [-0.2, 0) is 54.1 Å². The van der Waals surface area contributed by atoms with Gasteiger partial charge in [-0.2, -0.15) is 0 Å². The maximum atomic E-state index is 11.6. The molecule has 0 aliphatic carbocycles. The van der Waals surface area contributed by atoms with Crippen molar-refractivity contribution in [3.63, 3.8) is 0 Å². The molecule has 0 heterocycles. The number of amides is 1. The Balaban J connectivity index is 1.69. The summed E-state index contributed by atoms with van der Waals surface area (Å²) < 4.78 is 42.5. The lowest BCUT2D eigenvalue weighted by Crippen LogP contribution is -2.28. The molecule has 1 rings (SSSR count). The summed E-state index contributed by atoms with van der Waals surface area (Å²) in [5.41, 5.74) is 0.929. The largest absolute Gasteiger partial charge is 0.481 e. The van der Waals surface area contributed by atoms with E-state index in [0.29, 0.717) is 92.1 Å². The predicted octanol–water partition coefficient (Wildman–Crippen LogP) is 2.20. The van der Waals surface area contributed by atoms with Gasteiger partial charge in [-0.1, -0.05) is 30.3 Å². The minimum atomic E-state index is -0.866. The third kappa shape index (κ3) is 25.9. The number of hydrogen-bond donors (Lipinski definition) is 2. The molecule has 0 saturated carbocycles. The van der Waals surface area contributed by atoms with E-state index in [0.717, 1.165) is 5.56 Å². The average molecular weight is 588 g/mol. The second-order valence-corrected chi connectivity index (χ2v) is 8.48. The van der Waals surface area contributed by atoms with Gasteiger partial charge in [-0.15, -0.1) is 0 Å². The molecule has 13 heteroatoms. The number of carboxylic acid groups (broad SMARTS) is 1. The Hall–Kier alpha value is -2.81. The molecule has 41 heavy (non-hydrogen) atoms. The van der Waals surface area contributed by atoms with E-state index in [2.05, 4.69) is 5.32 Å². The van der Waals surface area contributed by atoms with Gasteiger partial charge in [0.15, 0.2) is 0 Å². The molecule has 0 fully saturated rings. The molecule has 0 spiro atoms. The molecule has 2 N–H and O–H groups in total. The molecule has 0 aliphatic rings. The van der Waals surface area contributed by atoms with E-state index in [1.54, 1.807) is 0 Å². The zero-order valence-electron chi connectivity index (χ0n) is 23.8. The first-order chi connectivity index (χ1) is 20.1. The van der Waals surface area contributed by atoms with Crippen molar-refractivity contribution in [2.24, 2.45) is 0 Å². The Morgan fingerprint density at radius 2 is 1.05 bits per heavy atom. The van der Waals surface area contributed by atoms with Crippen LogP contribution in [0.25, 0.3) is 0 Å². The number of ether oxygens (including phenoxy) is 8. The van der Waals surface area contributed by atoms with Crippen molar-refractivity contribution in [2.75, 3.05) is 92.4 Å². The highest BCUT2D eigenvalue weighted by Crippen LogP contribution is 2.02. The molecular formula is C28H45NO12. The van der Waals surface area contributed by atoms with Crippen LogP contribution in [0.2, 0.25) is 0 Å². The van der Waals surface area contributed by atoms with E-state index in [4.69, 9.17) is 43.0 Å². The highest BCUT2D eigenvalue weighted by molar-refractivity contribution is 5.69. The van der Waals surface area contributed by atoms with Crippen molar-refractivity contribution < 1.29 is 57.4 Å². The lowest BCUT2D eigenvalue weighted by atomic mass is 10.2. The predicted molar refractivity (Wildman–Crippen MR) is 147 cm³/mol. The Kier molecular flexibility index (Phi) is 24.2. The number of hydrogen-bond acceptors (Lipinski definition) is 11. The molecule has 0 atom stereocenters. The average Bonchev–Trinajstić information content (AvgIpc) is 2.97. The minimum Gasteiger partial charge on any atom is -0.481 e. The summed E-state index contributed by atoms with van der Waals surface area (Å²) in [7, 11) is 0. The second-order valence-electron chi connectivity index (χ2n) is 8.48. The van der Waals surface area contributed by atoms with Gasteiger partial charge in [-0.25, -0.2) is 4.79 Å². The monoisotopic (exact) mass is 587 g/mol. The smallest absolute Gasteiger partial charge is 0.407 e. The molecule has 1 aromatic rings. The van der Waals surface area contributed by atoms with Crippen molar-refractivity contribution in [1.29, 1.82) is 0 Å². The van der Waals surface area contributed by atoms with E-state index in [9.17, 15) is 14.4 Å². The molecular weight excluding hydrogens is 542 g/mol. The fraction of sp³-hybridized carbons (Fsp3) is 0.679. The number of carboxylic acids is 1. The van der Waals surface area contributed by atoms with Crippen molar-refractivity contribution in [3.05, 3.63) is 35.9 Å². The van der Waals surface area contributed by atoms with Crippen molar-refractivity contribution >= 4 is 18.0 Å². The second kappa shape index (κ2) is 27.4. The van der Waals surface area contributed by atoms with Gasteiger partial charge in [-0.3, -0.25) is 9.59 Å². The summed E-state index contributed by atoms with van der Waals surface area (Å²) in [5, 5.41) is 11.2. The lowest BCUT2D eigenvalue weighted by molar-refractivity contribution is -0.146. The number of nitrogens with one attached hydrogen (secondary N) is 1. The number of carbonyl (C=O) groups is 3. The summed E-state index contributed by atoms with van der Waals surface area (Å²) in [6.07, 6.45) is 0.744. The van der Waals surface area contributed by atoms with Crippen molar-refractivity contribution in [1.82, 2.24) is 5.32 Å². The number of unbranched alkanes of at least 4 members (excludes halogenated alkanes) is 1. The van der Waals surface area contributed by atoms with Crippen molar-refractivity contribution in [3.8, 4) is 0 Å². The first kappa shape index (κ1) is 36.2. The van der Waals surface area contributed by atoms with E-state index in [-0.39, 0.29) is 38.6 Å². The minimum absolute atomic E-state index is 0.0576. The van der Waals surface area contributed by atoms with E-state index >= 15 is 0 Å². The number of esters is 1. The summed E-state index contributed by atoms with van der Waals surface area (Å²) in [4.78, 5) is 33.4. The Labute approximate surface area is 241 Å². The molecule has 0 unspecified atom stereocenters. The summed E-state index contributed by atoms with van der Waals surface area (Å²) >= 11 is 0. The Morgan fingerprint density at radius 3 is 1.56 bits per heavy atom. The Bertz CT molecular complexity index is 781. The van der Waals surface area contributed by atoms with E-state index in [1.165, 1.54) is 0 Å². The fourth-order valence-electron chi connectivity index (χ4n) is 3.03. The standard InChI is InChI=1S/C28H45NO12/c30-26(31)8-4-5-9-27(32)40-23-22-39-21-20-38-19-18-37-17-16-36-15-14-35-13-12-34-11-10-29-28(33)41-24-25-6-2-1-3-7-25/h1-3,6-7H,4-5,8-24H2,(H,29,33)(H,30,31). The van der Waals surface area contributed by atoms with Crippen LogP contribution in [-0.4, -0.2) is 116 Å². The van der Waals surface area contributed by atoms with E-state index < -0.39 is 12.1 Å². The molecule has 13 nitrogen and oxygen atoms in total. The lowest BCUT2D eigenvalue weighted by Gasteiger charge is -2.09. The van der Waals surface area contributed by atoms with Gasteiger partial charge in [0.1, 0.15) is 13.2 Å². The Morgan fingerprint density at radius 1 is 0.585 bits per heavy atom. The van der Waals surface area contributed by atoms with E-state index in [1.807, 2.05) is 30.3 Å². The molecule has 0 bridgehead atoms. The quantitative estimate of drug-likeness (QED) is 0.109. The van der Waals surface area contributed by atoms with Gasteiger partial charge >= 0.3 is 18.0 Å². The van der Waals surface area contributed by atoms with Gasteiger partial charge in [0, 0.05) is 19.4 Å². The van der Waals surface area contributed by atoms with Gasteiger partial charge in [0.25, 0.3) is 0 Å².